The van der Waals surface area contributed by atoms with Crippen LogP contribution in [0, 0.1) is 58.2 Å². The second-order valence-corrected chi connectivity index (χ2v) is 21.5. The molecule has 0 saturated heterocycles. The van der Waals surface area contributed by atoms with Crippen molar-refractivity contribution in [2.45, 2.75) is 180 Å². The largest absolute Gasteiger partial charge is 0.393 e. The molecule has 332 valence electrons. The zero-order valence-electron chi connectivity index (χ0n) is 37.5. The molecule has 0 aliphatic heterocycles. The molecule has 8 saturated carbocycles. The van der Waals surface area contributed by atoms with Gasteiger partial charge < -0.3 is 30.6 Å². The lowest BCUT2D eigenvalue weighted by molar-refractivity contribution is 0.0855. The highest BCUT2D eigenvalue weighted by molar-refractivity contribution is 5.40. The molecular weight excluding hydrogens is 745 g/mol. The van der Waals surface area contributed by atoms with Gasteiger partial charge in [0.1, 0.15) is 0 Å². The molecule has 8 aliphatic rings. The first-order valence-electron chi connectivity index (χ1n) is 24.2. The Morgan fingerprint density at radius 1 is 0.550 bits per heavy atom. The average molecular weight is 825 g/mol. The number of rotatable bonds is 10. The quantitative estimate of drug-likeness (QED) is 0.122. The van der Waals surface area contributed by atoms with Crippen LogP contribution in [0.25, 0.3) is 0 Å². The SMILES string of the molecule is C=C1/C(=C\C=C2/CCC[C@]3(C)[C@@H]([C@H](C)/C=C/[C@@H](O)C4CC4)CC[C@@H]23)C[C@@H](O)C[C@@H]1O.C=C1/C(=C\C=C2/CCC[C@]3(C)[C@@H]([C@H](C)/C=C/[C@@H](O)C4CC4)CC[C@@H]23)C[C@@H](O)C[C@@H]1O. The van der Waals surface area contributed by atoms with E-state index in [1.54, 1.807) is 0 Å². The fourth-order valence-corrected chi connectivity index (χ4v) is 13.3. The summed E-state index contributed by atoms with van der Waals surface area (Å²) in [6.07, 6.45) is 33.8. The van der Waals surface area contributed by atoms with Crippen molar-refractivity contribution in [3.05, 3.63) is 95.2 Å². The van der Waals surface area contributed by atoms with Crippen LogP contribution >= 0.6 is 0 Å². The molecule has 8 rings (SSSR count). The minimum absolute atomic E-state index is 0.250. The molecule has 0 spiro atoms. The van der Waals surface area contributed by atoms with Crippen molar-refractivity contribution in [3.63, 3.8) is 0 Å². The lowest BCUT2D eigenvalue weighted by atomic mass is 9.61. The molecule has 0 aromatic rings. The van der Waals surface area contributed by atoms with Gasteiger partial charge in [-0.3, -0.25) is 0 Å². The molecule has 0 radical (unpaired) electrons. The third kappa shape index (κ3) is 10.2. The lowest BCUT2D eigenvalue weighted by Crippen LogP contribution is -2.35. The van der Waals surface area contributed by atoms with Gasteiger partial charge in [-0.2, -0.15) is 0 Å². The molecule has 14 atom stereocenters. The maximum atomic E-state index is 10.2. The maximum absolute atomic E-state index is 10.2. The molecule has 8 fully saturated rings. The highest BCUT2D eigenvalue weighted by atomic mass is 16.3. The number of hydrogen-bond donors (Lipinski definition) is 6. The van der Waals surface area contributed by atoms with Crippen LogP contribution in [0.2, 0.25) is 0 Å². The standard InChI is InChI=1S/2C27H40O3/c2*1-17(6-13-25(29)20-8-9-20)23-11-12-24-19(5-4-14-27(23,24)3)7-10-21-15-22(28)16-26(30)18(21)2/h2*6-7,10,13,17,20,22-26,28-30H,2,4-5,8-9,11-12,14-16H2,1,3H3/b2*13-6+,19-7+,21-10-/t2*17-,22-,23-,24+,25-,26+,27-/m11/s1. The Morgan fingerprint density at radius 3 is 1.30 bits per heavy atom. The fraction of sp³-hybridized carbons (Fsp3) is 0.704. The summed E-state index contributed by atoms with van der Waals surface area (Å²) in [5.41, 5.74) is 7.26. The molecule has 0 heterocycles. The summed E-state index contributed by atoms with van der Waals surface area (Å²) in [7, 11) is 0. The Labute approximate surface area is 362 Å². The number of aliphatic hydroxyl groups excluding tert-OH is 6. The Hall–Kier alpha value is -2.32. The zero-order valence-corrected chi connectivity index (χ0v) is 37.5. The highest BCUT2D eigenvalue weighted by Crippen LogP contribution is 2.61. The summed E-state index contributed by atoms with van der Waals surface area (Å²) in [6, 6.07) is 0. The van der Waals surface area contributed by atoms with Gasteiger partial charge in [-0.25, -0.2) is 0 Å². The number of fused-ring (bicyclic) bond motifs is 2. The van der Waals surface area contributed by atoms with Crippen LogP contribution in [0.15, 0.2) is 95.2 Å². The number of hydrogen-bond acceptors (Lipinski definition) is 6. The lowest BCUT2D eigenvalue weighted by Gasteiger charge is -2.44. The molecule has 0 amide bonds. The van der Waals surface area contributed by atoms with Gasteiger partial charge in [0.2, 0.25) is 0 Å². The van der Waals surface area contributed by atoms with Crippen LogP contribution in [-0.4, -0.2) is 67.3 Å². The summed E-state index contributed by atoms with van der Waals surface area (Å²) in [5, 5.41) is 60.8. The molecule has 6 nitrogen and oxygen atoms in total. The van der Waals surface area contributed by atoms with Crippen molar-refractivity contribution in [2.24, 2.45) is 58.2 Å². The van der Waals surface area contributed by atoms with E-state index in [9.17, 15) is 30.6 Å². The normalized spacial score (nSPS) is 42.1. The molecule has 6 heteroatoms. The third-order valence-corrected chi connectivity index (χ3v) is 17.3. The van der Waals surface area contributed by atoms with Crippen LogP contribution in [0.4, 0.5) is 0 Å². The molecule has 0 unspecified atom stereocenters. The summed E-state index contributed by atoms with van der Waals surface area (Å²) in [5.74, 6) is 4.55. The van der Waals surface area contributed by atoms with Crippen molar-refractivity contribution in [3.8, 4) is 0 Å². The number of aliphatic hydroxyl groups is 6. The van der Waals surface area contributed by atoms with E-state index in [0.29, 0.717) is 83.9 Å². The van der Waals surface area contributed by atoms with E-state index in [-0.39, 0.29) is 12.2 Å². The van der Waals surface area contributed by atoms with Gasteiger partial charge in [0.05, 0.1) is 36.6 Å². The molecule has 6 N–H and O–H groups in total. The summed E-state index contributed by atoms with van der Waals surface area (Å²) in [6.45, 7) is 17.8. The molecule has 0 aromatic heterocycles. The van der Waals surface area contributed by atoms with Crippen LogP contribution < -0.4 is 0 Å². The van der Waals surface area contributed by atoms with Crippen molar-refractivity contribution < 1.29 is 30.6 Å². The Bertz CT molecular complexity index is 1610. The maximum Gasteiger partial charge on any atom is 0.0811 e. The monoisotopic (exact) mass is 825 g/mol. The van der Waals surface area contributed by atoms with Crippen molar-refractivity contribution >= 4 is 0 Å². The van der Waals surface area contributed by atoms with Gasteiger partial charge >= 0.3 is 0 Å². The van der Waals surface area contributed by atoms with E-state index >= 15 is 0 Å². The Balaban J connectivity index is 0.000000181. The topological polar surface area (TPSA) is 121 Å². The van der Waals surface area contributed by atoms with Crippen LogP contribution in [0.1, 0.15) is 143 Å². The highest BCUT2D eigenvalue weighted by Gasteiger charge is 2.51. The minimum Gasteiger partial charge on any atom is -0.393 e. The van der Waals surface area contributed by atoms with Crippen molar-refractivity contribution in [2.75, 3.05) is 0 Å². The van der Waals surface area contributed by atoms with E-state index in [1.807, 2.05) is 0 Å². The molecule has 8 aliphatic carbocycles. The second-order valence-electron chi connectivity index (χ2n) is 21.5. The predicted molar refractivity (Wildman–Crippen MR) is 244 cm³/mol. The van der Waals surface area contributed by atoms with E-state index in [4.69, 9.17) is 0 Å². The molecule has 60 heavy (non-hydrogen) atoms. The van der Waals surface area contributed by atoms with Gasteiger partial charge in [0.25, 0.3) is 0 Å². The van der Waals surface area contributed by atoms with Crippen LogP contribution in [0.3, 0.4) is 0 Å². The fourth-order valence-electron chi connectivity index (χ4n) is 13.3. The predicted octanol–water partition coefficient (Wildman–Crippen LogP) is 10.2. The Kier molecular flexibility index (Phi) is 14.6. The second kappa shape index (κ2) is 19.2. The first-order valence-corrected chi connectivity index (χ1v) is 24.2. The van der Waals surface area contributed by atoms with Gasteiger partial charge in [-0.15, -0.1) is 0 Å². The molecular formula is C54H80O6. The third-order valence-electron chi connectivity index (χ3n) is 17.3. The summed E-state index contributed by atoms with van der Waals surface area (Å²) in [4.78, 5) is 0. The van der Waals surface area contributed by atoms with Crippen LogP contribution in [-0.2, 0) is 0 Å². The van der Waals surface area contributed by atoms with Crippen LogP contribution in [0.5, 0.6) is 0 Å². The van der Waals surface area contributed by atoms with Gasteiger partial charge in [-0.05, 0) is 183 Å². The first-order chi connectivity index (χ1) is 28.6. The first kappa shape index (κ1) is 45.7. The molecule has 0 bridgehead atoms. The minimum atomic E-state index is -0.621. The van der Waals surface area contributed by atoms with Gasteiger partial charge in [-0.1, -0.05) is 101 Å². The van der Waals surface area contributed by atoms with E-state index < -0.39 is 24.4 Å². The smallest absolute Gasteiger partial charge is 0.0811 e. The van der Waals surface area contributed by atoms with Gasteiger partial charge in [0, 0.05) is 12.8 Å². The van der Waals surface area contributed by atoms with Gasteiger partial charge in [0.15, 0.2) is 0 Å². The average Bonchev–Trinajstić information content (AvgIpc) is 4.15. The van der Waals surface area contributed by atoms with Crippen molar-refractivity contribution in [1.29, 1.82) is 0 Å². The Morgan fingerprint density at radius 2 is 0.933 bits per heavy atom. The van der Waals surface area contributed by atoms with Crippen molar-refractivity contribution in [1.82, 2.24) is 0 Å². The summed E-state index contributed by atoms with van der Waals surface area (Å²) < 4.78 is 0. The van der Waals surface area contributed by atoms with E-state index in [2.05, 4.69) is 89.5 Å². The van der Waals surface area contributed by atoms with E-state index in [0.717, 1.165) is 35.1 Å². The zero-order chi connectivity index (χ0) is 42.9. The van der Waals surface area contributed by atoms with E-state index in [1.165, 1.54) is 88.2 Å². The molecule has 0 aromatic carbocycles. The summed E-state index contributed by atoms with van der Waals surface area (Å²) >= 11 is 0. The number of allylic oxidation sites excluding steroid dienone is 8.